The molecule has 10 heteroatoms. The Hall–Kier alpha value is -3.37. The number of anilines is 3. The summed E-state index contributed by atoms with van der Waals surface area (Å²) < 4.78 is 11.3. The monoisotopic (exact) mass is 414 g/mol. The summed E-state index contributed by atoms with van der Waals surface area (Å²) in [5, 5.41) is 28.3. The smallest absolute Gasteiger partial charge is 0.256 e. The van der Waals surface area contributed by atoms with E-state index in [4.69, 9.17) is 10.9 Å². The van der Waals surface area contributed by atoms with Crippen LogP contribution in [0.2, 0.25) is 0 Å². The number of carbonyl (C=O) groups is 1. The first-order valence-electron chi connectivity index (χ1n) is 8.70. The molecule has 1 heterocycles. The van der Waals surface area contributed by atoms with E-state index in [1.165, 1.54) is 0 Å². The Morgan fingerprint density at radius 2 is 1.83 bits per heavy atom. The maximum Gasteiger partial charge on any atom is 0.256 e. The molecule has 29 heavy (non-hydrogen) atoms. The van der Waals surface area contributed by atoms with Crippen molar-refractivity contribution in [3.63, 3.8) is 0 Å². The minimum absolute atomic E-state index is 0.184. The van der Waals surface area contributed by atoms with E-state index >= 15 is 0 Å². The number of H-pyrrole nitrogens is 1. The Balaban J connectivity index is 1.80. The Bertz CT molecular complexity index is 1060. The molecule has 0 aliphatic heterocycles. The van der Waals surface area contributed by atoms with Gasteiger partial charge in [-0.1, -0.05) is 12.1 Å². The van der Waals surface area contributed by atoms with Gasteiger partial charge in [0.1, 0.15) is 28.1 Å². The molecular weight excluding hydrogens is 392 g/mol. The van der Waals surface area contributed by atoms with Gasteiger partial charge in [0, 0.05) is 12.2 Å². The largest absolute Gasteiger partial charge is 0.507 e. The van der Waals surface area contributed by atoms with Crippen molar-refractivity contribution in [3.05, 3.63) is 58.7 Å². The molecule has 3 aromatic rings. The first-order valence-corrected chi connectivity index (χ1v) is 9.92. The van der Waals surface area contributed by atoms with E-state index in [0.717, 1.165) is 16.7 Å². The number of hydrogen-bond donors (Lipinski definition) is 6. The minimum Gasteiger partial charge on any atom is -0.507 e. The molecule has 1 atom stereocenters. The Morgan fingerprint density at radius 1 is 1.21 bits per heavy atom. The summed E-state index contributed by atoms with van der Waals surface area (Å²) in [4.78, 5) is 12.5. The van der Waals surface area contributed by atoms with E-state index in [0.29, 0.717) is 28.8 Å². The van der Waals surface area contributed by atoms with Crippen LogP contribution in [0.25, 0.3) is 0 Å². The van der Waals surface area contributed by atoms with Crippen LogP contribution in [0.4, 0.5) is 17.3 Å². The number of phenols is 1. The highest BCUT2D eigenvalue weighted by Gasteiger charge is 2.19. The summed E-state index contributed by atoms with van der Waals surface area (Å²) in [5.74, 6) is 0.256. The van der Waals surface area contributed by atoms with Gasteiger partial charge in [-0.2, -0.15) is 5.10 Å². The summed E-state index contributed by atoms with van der Waals surface area (Å²) in [6.45, 7) is 4.04. The number of nitrogens with two attached hydrogens (primary N) is 2. The minimum atomic E-state index is -1.57. The third-order valence-corrected chi connectivity index (χ3v) is 5.12. The van der Waals surface area contributed by atoms with Gasteiger partial charge in [0.25, 0.3) is 5.91 Å². The van der Waals surface area contributed by atoms with Crippen LogP contribution >= 0.6 is 0 Å². The molecule has 0 fully saturated rings. The summed E-state index contributed by atoms with van der Waals surface area (Å²) in [6, 6.07) is 10.3. The number of nitrogens with zero attached hydrogens (tertiary/aromatic N) is 1. The highest BCUT2D eigenvalue weighted by Crippen LogP contribution is 2.27. The number of aromatic nitrogens is 2. The molecule has 9 nitrogen and oxygen atoms in total. The lowest BCUT2D eigenvalue weighted by Crippen LogP contribution is -2.15. The second kappa shape index (κ2) is 8.33. The zero-order valence-electron chi connectivity index (χ0n) is 15.9. The van der Waals surface area contributed by atoms with Gasteiger partial charge < -0.3 is 21.5 Å². The van der Waals surface area contributed by atoms with Crippen LogP contribution in [-0.2, 0) is 17.5 Å². The molecular formula is C19H22N6O3S. The number of aromatic amines is 1. The van der Waals surface area contributed by atoms with Crippen molar-refractivity contribution >= 4 is 34.2 Å². The van der Waals surface area contributed by atoms with E-state index in [1.807, 2.05) is 26.0 Å². The van der Waals surface area contributed by atoms with Gasteiger partial charge in [-0.25, -0.2) is 9.35 Å². The van der Waals surface area contributed by atoms with Crippen LogP contribution < -0.4 is 21.5 Å². The van der Waals surface area contributed by atoms with Gasteiger partial charge in [0.2, 0.25) is 0 Å². The third-order valence-electron chi connectivity index (χ3n) is 4.38. The third kappa shape index (κ3) is 4.55. The van der Waals surface area contributed by atoms with Crippen molar-refractivity contribution in [3.8, 4) is 5.75 Å². The fourth-order valence-corrected chi connectivity index (χ4v) is 3.35. The summed E-state index contributed by atoms with van der Waals surface area (Å²) in [6.07, 6.45) is 0. The van der Waals surface area contributed by atoms with Crippen molar-refractivity contribution in [2.75, 3.05) is 10.6 Å². The zero-order valence-corrected chi connectivity index (χ0v) is 16.8. The molecule has 2 aromatic carbocycles. The van der Waals surface area contributed by atoms with Crippen LogP contribution in [0, 0.1) is 13.8 Å². The Kier molecular flexibility index (Phi) is 5.85. The summed E-state index contributed by atoms with van der Waals surface area (Å²) in [5.41, 5.74) is 8.83. The second-order valence-electron chi connectivity index (χ2n) is 6.57. The van der Waals surface area contributed by atoms with Crippen molar-refractivity contribution in [2.24, 2.45) is 10.9 Å². The molecule has 0 aliphatic rings. The highest BCUT2D eigenvalue weighted by molar-refractivity contribution is 7.82. The van der Waals surface area contributed by atoms with Crippen LogP contribution in [-0.4, -0.2) is 25.4 Å². The average molecular weight is 414 g/mol. The van der Waals surface area contributed by atoms with Crippen LogP contribution in [0.15, 0.2) is 41.3 Å². The number of nitrogens with one attached hydrogen (secondary N) is 3. The van der Waals surface area contributed by atoms with Gasteiger partial charge in [-0.15, -0.1) is 0 Å². The molecule has 1 aromatic heterocycles. The van der Waals surface area contributed by atoms with E-state index in [1.54, 1.807) is 24.3 Å². The quantitative estimate of drug-likeness (QED) is 0.347. The van der Waals surface area contributed by atoms with Gasteiger partial charge in [0.05, 0.1) is 4.90 Å². The molecule has 0 aliphatic carbocycles. The summed E-state index contributed by atoms with van der Waals surface area (Å²) in [7, 11) is -1.57. The number of phenolic OH excluding ortho intramolecular Hbond substituents is 1. The van der Waals surface area contributed by atoms with Crippen LogP contribution in [0.1, 0.15) is 27.0 Å². The lowest BCUT2D eigenvalue weighted by atomic mass is 10.1. The van der Waals surface area contributed by atoms with E-state index in [2.05, 4.69) is 20.8 Å². The first-order chi connectivity index (χ1) is 13.8. The van der Waals surface area contributed by atoms with Gasteiger partial charge in [-0.05, 0) is 54.8 Å². The predicted octanol–water partition coefficient (Wildman–Crippen LogP) is 2.17. The van der Waals surface area contributed by atoms with E-state index in [9.17, 15) is 14.1 Å². The number of amides is 1. The second-order valence-corrected chi connectivity index (χ2v) is 7.63. The number of primary amides is 1. The first kappa shape index (κ1) is 20.4. The predicted molar refractivity (Wildman–Crippen MR) is 112 cm³/mol. The number of benzene rings is 2. The van der Waals surface area contributed by atoms with Gasteiger partial charge in [-0.3, -0.25) is 9.89 Å². The maximum atomic E-state index is 12.0. The lowest BCUT2D eigenvalue weighted by molar-refractivity contribution is 0.100. The summed E-state index contributed by atoms with van der Waals surface area (Å²) >= 11 is 0. The molecule has 3 rings (SSSR count). The number of carbonyl (C=O) groups excluding carboxylic acids is 1. The van der Waals surface area contributed by atoms with Crippen molar-refractivity contribution < 1.29 is 14.1 Å². The standard InChI is InChI=1S/C19H22N6O3S/c1-10-7-12(8-11(2)16(10)26)9-22-18-15(17(20)27)19(25-24-18)23-13-3-5-14(6-4-13)29(21)28/h3-8,26H,9,21H2,1-2H3,(H2,20,27)(H3,22,23,24,25). The van der Waals surface area contributed by atoms with E-state index in [-0.39, 0.29) is 11.3 Å². The van der Waals surface area contributed by atoms with Gasteiger partial charge >= 0.3 is 0 Å². The maximum absolute atomic E-state index is 12.0. The topological polar surface area (TPSA) is 159 Å². The zero-order chi connectivity index (χ0) is 21.1. The Morgan fingerprint density at radius 3 is 2.38 bits per heavy atom. The highest BCUT2D eigenvalue weighted by atomic mass is 32.2. The SMILES string of the molecule is Cc1cc(CNc2n[nH]c(Nc3ccc(S(N)=O)cc3)c2C(N)=O)cc(C)c1O. The van der Waals surface area contributed by atoms with Crippen molar-refractivity contribution in [2.45, 2.75) is 25.3 Å². The normalized spacial score (nSPS) is 11.8. The molecule has 0 radical (unpaired) electrons. The van der Waals surface area contributed by atoms with Gasteiger partial charge in [0.15, 0.2) is 5.82 Å². The Labute approximate surface area is 170 Å². The fourth-order valence-electron chi connectivity index (χ4n) is 2.95. The molecule has 1 unspecified atom stereocenters. The van der Waals surface area contributed by atoms with Crippen molar-refractivity contribution in [1.29, 1.82) is 0 Å². The molecule has 0 saturated heterocycles. The molecule has 1 amide bonds. The molecule has 8 N–H and O–H groups in total. The molecule has 152 valence electrons. The molecule has 0 bridgehead atoms. The molecule has 0 saturated carbocycles. The van der Waals surface area contributed by atoms with E-state index < -0.39 is 16.9 Å². The van der Waals surface area contributed by atoms with Crippen LogP contribution in [0.5, 0.6) is 5.75 Å². The number of aromatic hydroxyl groups is 1. The van der Waals surface area contributed by atoms with Crippen molar-refractivity contribution in [1.82, 2.24) is 10.2 Å². The lowest BCUT2D eigenvalue weighted by Gasteiger charge is -2.10. The van der Waals surface area contributed by atoms with Crippen LogP contribution in [0.3, 0.4) is 0 Å². The number of aryl methyl sites for hydroxylation is 2. The fraction of sp³-hybridized carbons (Fsp3) is 0.158. The number of rotatable bonds is 7. The number of hydrogen-bond acceptors (Lipinski definition) is 6. The average Bonchev–Trinajstić information content (AvgIpc) is 3.07. The molecule has 0 spiro atoms.